The fourth-order valence-corrected chi connectivity index (χ4v) is 3.88. The smallest absolute Gasteiger partial charge is 0.233 e. The summed E-state index contributed by atoms with van der Waals surface area (Å²) in [5, 5.41) is 12.3. The van der Waals surface area contributed by atoms with Crippen LogP contribution < -0.4 is 10.1 Å². The summed E-state index contributed by atoms with van der Waals surface area (Å²) < 4.78 is 7.34. The molecule has 0 aliphatic carbocycles. The normalized spacial score (nSPS) is 12.0. The van der Waals surface area contributed by atoms with E-state index < -0.39 is 0 Å². The number of carbonyl (C=O) groups is 1. The van der Waals surface area contributed by atoms with Crippen molar-refractivity contribution in [1.82, 2.24) is 20.1 Å². The van der Waals surface area contributed by atoms with E-state index in [1.54, 1.807) is 7.11 Å². The van der Waals surface area contributed by atoms with Crippen molar-refractivity contribution in [1.29, 1.82) is 0 Å². The van der Waals surface area contributed by atoms with Gasteiger partial charge in [0.05, 0.1) is 12.4 Å². The monoisotopic (exact) mass is 424 g/mol. The maximum absolute atomic E-state index is 12.6. The number of aromatic nitrogens is 3. The van der Waals surface area contributed by atoms with Gasteiger partial charge in [0.15, 0.2) is 11.0 Å². The molecule has 0 bridgehead atoms. The Morgan fingerprint density at radius 3 is 2.40 bits per heavy atom. The Morgan fingerprint density at radius 2 is 1.77 bits per heavy atom. The number of methoxy groups -OCH3 is 1. The number of carbonyl (C=O) groups excluding carboxylic acids is 1. The van der Waals surface area contributed by atoms with Crippen molar-refractivity contribution in [2.45, 2.75) is 44.3 Å². The van der Waals surface area contributed by atoms with E-state index in [-0.39, 0.29) is 11.2 Å². The summed E-state index contributed by atoms with van der Waals surface area (Å²) in [6.07, 6.45) is 0. The summed E-state index contributed by atoms with van der Waals surface area (Å²) in [6, 6.07) is 17.7. The molecule has 1 aromatic heterocycles. The zero-order valence-corrected chi connectivity index (χ0v) is 18.6. The molecule has 0 aliphatic rings. The Bertz CT molecular complexity index is 955. The van der Waals surface area contributed by atoms with Crippen LogP contribution in [0.2, 0.25) is 0 Å². The number of hydrogen-bond donors (Lipinski definition) is 1. The van der Waals surface area contributed by atoms with Gasteiger partial charge in [-0.05, 0) is 42.7 Å². The van der Waals surface area contributed by atoms with Crippen molar-refractivity contribution in [3.8, 4) is 17.1 Å². The summed E-state index contributed by atoms with van der Waals surface area (Å²) in [5.74, 6) is 1.99. The quantitative estimate of drug-likeness (QED) is 0.516. The molecule has 7 heteroatoms. The fourth-order valence-electron chi connectivity index (χ4n) is 3.00. The number of thioether (sulfide) groups is 1. The van der Waals surface area contributed by atoms with Crippen LogP contribution in [0.4, 0.5) is 0 Å². The van der Waals surface area contributed by atoms with Crippen LogP contribution in [0, 0.1) is 5.92 Å². The lowest BCUT2D eigenvalue weighted by atomic mass is 10.2. The summed E-state index contributed by atoms with van der Waals surface area (Å²) in [7, 11) is 1.65. The molecule has 0 aliphatic heterocycles. The van der Waals surface area contributed by atoms with E-state index in [0.717, 1.165) is 34.4 Å². The van der Waals surface area contributed by atoms with Gasteiger partial charge in [-0.3, -0.25) is 4.79 Å². The van der Waals surface area contributed by atoms with Gasteiger partial charge in [0.1, 0.15) is 5.75 Å². The van der Waals surface area contributed by atoms with Crippen LogP contribution in [0.3, 0.4) is 0 Å². The van der Waals surface area contributed by atoms with Crippen LogP contribution in [0.15, 0.2) is 59.8 Å². The van der Waals surface area contributed by atoms with E-state index >= 15 is 0 Å². The second-order valence-electron chi connectivity index (χ2n) is 7.50. The van der Waals surface area contributed by atoms with Gasteiger partial charge in [-0.1, -0.05) is 55.9 Å². The molecule has 0 unspecified atom stereocenters. The van der Waals surface area contributed by atoms with Crippen molar-refractivity contribution in [3.05, 3.63) is 60.2 Å². The average molecular weight is 425 g/mol. The van der Waals surface area contributed by atoms with Gasteiger partial charge in [-0.2, -0.15) is 0 Å². The second-order valence-corrected chi connectivity index (χ2v) is 8.81. The first-order chi connectivity index (χ1) is 14.5. The van der Waals surface area contributed by atoms with Gasteiger partial charge in [0.25, 0.3) is 0 Å². The van der Waals surface area contributed by atoms with Crippen molar-refractivity contribution >= 4 is 17.7 Å². The molecule has 0 spiro atoms. The SMILES string of the molecule is COc1ccc(-c2nnc(S[C@H](C)C(=O)NCc3ccccc3)n2CC(C)C)cc1. The summed E-state index contributed by atoms with van der Waals surface area (Å²) in [4.78, 5) is 12.6. The first-order valence-corrected chi connectivity index (χ1v) is 10.9. The van der Waals surface area contributed by atoms with E-state index in [1.165, 1.54) is 11.8 Å². The van der Waals surface area contributed by atoms with Crippen molar-refractivity contribution in [2.24, 2.45) is 5.92 Å². The number of hydrogen-bond acceptors (Lipinski definition) is 5. The van der Waals surface area contributed by atoms with Crippen LogP contribution in [-0.4, -0.2) is 33.0 Å². The highest BCUT2D eigenvalue weighted by Crippen LogP contribution is 2.28. The number of nitrogens with one attached hydrogen (secondary N) is 1. The minimum absolute atomic E-state index is 0.0195. The van der Waals surface area contributed by atoms with E-state index in [9.17, 15) is 4.79 Å². The Balaban J connectivity index is 1.74. The van der Waals surface area contributed by atoms with Gasteiger partial charge in [-0.15, -0.1) is 10.2 Å². The highest BCUT2D eigenvalue weighted by atomic mass is 32.2. The zero-order valence-electron chi connectivity index (χ0n) is 17.8. The molecule has 0 fully saturated rings. The molecule has 3 rings (SSSR count). The molecule has 0 radical (unpaired) electrons. The Morgan fingerprint density at radius 1 is 1.07 bits per heavy atom. The molecular formula is C23H28N4O2S. The number of amides is 1. The van der Waals surface area contributed by atoms with Crippen LogP contribution >= 0.6 is 11.8 Å². The molecule has 0 saturated heterocycles. The first-order valence-electron chi connectivity index (χ1n) is 10.0. The zero-order chi connectivity index (χ0) is 21.5. The first kappa shape index (κ1) is 21.9. The largest absolute Gasteiger partial charge is 0.497 e. The number of rotatable bonds is 9. The molecule has 0 saturated carbocycles. The molecule has 1 atom stereocenters. The molecule has 30 heavy (non-hydrogen) atoms. The molecule has 2 aromatic carbocycles. The van der Waals surface area contributed by atoms with Crippen LogP contribution in [0.1, 0.15) is 26.3 Å². The lowest BCUT2D eigenvalue weighted by Crippen LogP contribution is -2.30. The lowest BCUT2D eigenvalue weighted by molar-refractivity contribution is -0.120. The standard InChI is InChI=1S/C23H28N4O2S/c1-16(2)15-27-21(19-10-12-20(29-4)13-11-19)25-26-23(27)30-17(3)22(28)24-14-18-8-6-5-7-9-18/h5-13,16-17H,14-15H2,1-4H3,(H,24,28)/t17-/m1/s1. The molecule has 1 heterocycles. The molecule has 3 aromatic rings. The Kier molecular flexibility index (Phi) is 7.52. The number of benzene rings is 2. The summed E-state index contributed by atoms with van der Waals surface area (Å²) in [5.41, 5.74) is 2.05. The summed E-state index contributed by atoms with van der Waals surface area (Å²) in [6.45, 7) is 7.49. The van der Waals surface area contributed by atoms with E-state index in [1.807, 2.05) is 61.5 Å². The molecule has 6 nitrogen and oxygen atoms in total. The topological polar surface area (TPSA) is 69.0 Å². The lowest BCUT2D eigenvalue weighted by Gasteiger charge is -2.15. The van der Waals surface area contributed by atoms with Crippen LogP contribution in [-0.2, 0) is 17.9 Å². The maximum atomic E-state index is 12.6. The molecule has 1 N–H and O–H groups in total. The molecule has 158 valence electrons. The van der Waals surface area contributed by atoms with Crippen LogP contribution in [0.5, 0.6) is 5.75 Å². The van der Waals surface area contributed by atoms with Gasteiger partial charge < -0.3 is 14.6 Å². The minimum Gasteiger partial charge on any atom is -0.497 e. The third-order valence-electron chi connectivity index (χ3n) is 4.57. The van der Waals surface area contributed by atoms with E-state index in [2.05, 4.69) is 33.9 Å². The molecule has 1 amide bonds. The van der Waals surface area contributed by atoms with Crippen LogP contribution in [0.25, 0.3) is 11.4 Å². The Hall–Kier alpha value is -2.80. The van der Waals surface area contributed by atoms with Gasteiger partial charge in [0, 0.05) is 18.7 Å². The average Bonchev–Trinajstić information content (AvgIpc) is 3.14. The third-order valence-corrected chi connectivity index (χ3v) is 5.65. The highest BCUT2D eigenvalue weighted by molar-refractivity contribution is 8.00. The third kappa shape index (κ3) is 5.63. The number of nitrogens with zero attached hydrogens (tertiary/aromatic N) is 3. The summed E-state index contributed by atoms with van der Waals surface area (Å²) >= 11 is 1.43. The van der Waals surface area contributed by atoms with E-state index in [4.69, 9.17) is 4.74 Å². The number of ether oxygens (including phenoxy) is 1. The Labute approximate surface area is 182 Å². The van der Waals surface area contributed by atoms with Gasteiger partial charge in [-0.25, -0.2) is 0 Å². The van der Waals surface area contributed by atoms with E-state index in [0.29, 0.717) is 12.5 Å². The highest BCUT2D eigenvalue weighted by Gasteiger charge is 2.21. The maximum Gasteiger partial charge on any atom is 0.233 e. The van der Waals surface area contributed by atoms with Gasteiger partial charge >= 0.3 is 0 Å². The predicted molar refractivity (Wildman–Crippen MR) is 120 cm³/mol. The molecular weight excluding hydrogens is 396 g/mol. The van der Waals surface area contributed by atoms with Crippen molar-refractivity contribution in [2.75, 3.05) is 7.11 Å². The fraction of sp³-hybridized carbons (Fsp3) is 0.348. The predicted octanol–water partition coefficient (Wildman–Crippen LogP) is 4.41. The van der Waals surface area contributed by atoms with Crippen molar-refractivity contribution in [3.63, 3.8) is 0 Å². The second kappa shape index (κ2) is 10.3. The van der Waals surface area contributed by atoms with Gasteiger partial charge in [0.2, 0.25) is 5.91 Å². The minimum atomic E-state index is -0.285. The van der Waals surface area contributed by atoms with Crippen molar-refractivity contribution < 1.29 is 9.53 Å².